The highest BCUT2D eigenvalue weighted by molar-refractivity contribution is 7.11. The zero-order valence-corrected chi connectivity index (χ0v) is 72.0. The number of nitrogens with zero attached hydrogens (tertiary/aromatic N) is 32. The minimum Gasteiger partial charge on any atom is -0.480 e. The molecule has 74 nitrogen and oxygen atoms in total. The van der Waals surface area contributed by atoms with Crippen LogP contribution in [0.1, 0.15) is 69.3 Å². The molecule has 0 saturated heterocycles. The molecule has 4 rings (SSSR count). The highest BCUT2D eigenvalue weighted by Gasteiger charge is 2.22. The number of ether oxygens (including phenoxy) is 2. The molecule has 34 N–H and O–H groups in total. The van der Waals surface area contributed by atoms with Crippen LogP contribution >= 0.6 is 22.7 Å². The SMILES string of the molecule is [N-]=[N+]=NCCCC(=O)NC[C@H](N)C(=O)O.[N-]=[N+]=NCCNC(=O)CC[C@H](N)C(=O)O.[N-]=[N+]=NCCNC(=O)NC[C@H](N)C(=O)O.[N-]=[N+]=NCCNC(=O)OC[C@H](N)C(=O)O.[N-]=[N+]=NCCOC(=O)NC[C@H](N)C(=O)O.[N-]=[N+]=NCc1cnc(C[C@H](N)C(=O)O)o1.[N-]=[N+]=NCc1cnc(C[C@H](N)C(=O)O)s1.[N-]=[N+]=NCc1csc(C[C@H](N)C(=O)O)n1.[N-]=[N+]=NCc1n[nH]nc1C[C@H](N)C(=O)O. The first kappa shape index (κ1) is 127. The van der Waals surface area contributed by atoms with E-state index in [0.717, 1.165) is 4.88 Å². The lowest BCUT2D eigenvalue weighted by Gasteiger charge is -2.08. The summed E-state index contributed by atoms with van der Waals surface area (Å²) >= 11 is 2.61. The van der Waals surface area contributed by atoms with Crippen molar-refractivity contribution in [3.63, 3.8) is 0 Å². The summed E-state index contributed by atoms with van der Waals surface area (Å²) in [6.45, 7) is 0.707. The molecule has 6 amide bonds. The average Bonchev–Trinajstić information content (AvgIpc) is 1.76. The van der Waals surface area contributed by atoms with E-state index in [9.17, 15) is 67.1 Å². The van der Waals surface area contributed by atoms with Crippen molar-refractivity contribution in [2.45, 2.75) is 132 Å². The Hall–Kier alpha value is -17.0. The number of oxazole rings is 1. The van der Waals surface area contributed by atoms with Crippen LogP contribution in [0.15, 0.2) is 68.2 Å². The number of nitrogens with one attached hydrogen (secondary N) is 7. The number of alkyl carbamates (subject to hydrolysis) is 2. The summed E-state index contributed by atoms with van der Waals surface area (Å²) in [6.07, 6.45) is 2.50. The van der Waals surface area contributed by atoms with Crippen LogP contribution in [-0.4, -0.2) is 300 Å². The Morgan fingerprint density at radius 3 is 1.33 bits per heavy atom. The predicted octanol–water partition coefficient (Wildman–Crippen LogP) is -1.09. The van der Waals surface area contributed by atoms with Crippen molar-refractivity contribution >= 4 is 106 Å². The van der Waals surface area contributed by atoms with Crippen molar-refractivity contribution in [3.05, 3.63) is 155 Å². The van der Waals surface area contributed by atoms with E-state index in [4.69, 9.17) is 152 Å². The molecule has 4 aromatic rings. The molecule has 0 aliphatic heterocycles. The number of azide groups is 9. The molecule has 740 valence electrons. The lowest BCUT2D eigenvalue weighted by molar-refractivity contribution is -0.140. The van der Waals surface area contributed by atoms with E-state index in [0.29, 0.717) is 39.3 Å². The van der Waals surface area contributed by atoms with Gasteiger partial charge in [0.15, 0.2) is 5.89 Å². The van der Waals surface area contributed by atoms with Gasteiger partial charge in [0, 0.05) is 158 Å². The minimum atomic E-state index is -1.25. The topological polar surface area (TPSA) is 1280 Å². The summed E-state index contributed by atoms with van der Waals surface area (Å²) in [5.41, 5.74) is 120. The smallest absolute Gasteiger partial charge is 0.407 e. The van der Waals surface area contributed by atoms with E-state index < -0.39 is 133 Å². The number of hydrogen-bond acceptors (Lipinski definition) is 42. The minimum absolute atomic E-state index is 0.00556. The summed E-state index contributed by atoms with van der Waals surface area (Å²) < 4.78 is 14.1. The lowest BCUT2D eigenvalue weighted by atomic mass is 10.1. The second-order valence-electron chi connectivity index (χ2n) is 24.0. The fourth-order valence-electron chi connectivity index (χ4n) is 6.89. The Labute approximate surface area is 763 Å². The molecule has 135 heavy (non-hydrogen) atoms. The van der Waals surface area contributed by atoms with Gasteiger partial charge in [-0.3, -0.25) is 52.7 Å². The summed E-state index contributed by atoms with van der Waals surface area (Å²) in [6, 6.07) is -10.2. The van der Waals surface area contributed by atoms with Gasteiger partial charge >= 0.3 is 71.9 Å². The quantitative estimate of drug-likeness (QED) is 0.0108. The number of carbonyl (C=O) groups is 14. The molecule has 0 aliphatic rings. The number of amides is 6. The Morgan fingerprint density at radius 1 is 0.407 bits per heavy atom. The van der Waals surface area contributed by atoms with Crippen LogP contribution in [0.2, 0.25) is 0 Å². The molecule has 0 bridgehead atoms. The number of urea groups is 1. The van der Waals surface area contributed by atoms with Crippen molar-refractivity contribution < 1.29 is 127 Å². The molecule has 4 aromatic heterocycles. The van der Waals surface area contributed by atoms with Crippen LogP contribution in [0.4, 0.5) is 14.4 Å². The van der Waals surface area contributed by atoms with Gasteiger partial charge in [0.25, 0.3) is 0 Å². The van der Waals surface area contributed by atoms with Gasteiger partial charge in [-0.25, -0.2) is 29.3 Å². The summed E-state index contributed by atoms with van der Waals surface area (Å²) in [7, 11) is 0. The predicted molar refractivity (Wildman–Crippen MR) is 458 cm³/mol. The molecule has 0 unspecified atom stereocenters. The van der Waals surface area contributed by atoms with Crippen molar-refractivity contribution in [1.82, 2.24) is 62.3 Å². The third-order valence-electron chi connectivity index (χ3n) is 13.6. The fourth-order valence-corrected chi connectivity index (χ4v) is 8.64. The molecule has 0 radical (unpaired) electrons. The number of nitrogens with two attached hydrogens (primary N) is 9. The van der Waals surface area contributed by atoms with Gasteiger partial charge in [0.05, 0.1) is 79.0 Å². The van der Waals surface area contributed by atoms with Crippen molar-refractivity contribution in [2.24, 2.45) is 97.6 Å². The molecule has 0 saturated carbocycles. The van der Waals surface area contributed by atoms with Gasteiger partial charge in [-0.2, -0.15) is 15.4 Å². The third kappa shape index (κ3) is 75.7. The number of carboxylic acids is 9. The second-order valence-corrected chi connectivity index (χ2v) is 26.2. The lowest BCUT2D eigenvalue weighted by Crippen LogP contribution is -2.46. The molecule has 9 atom stereocenters. The molecular weight excluding hydrogens is 1860 g/mol. The van der Waals surface area contributed by atoms with E-state index in [-0.39, 0.29) is 167 Å². The highest BCUT2D eigenvalue weighted by Crippen LogP contribution is 2.16. The molecule has 76 heteroatoms. The maximum Gasteiger partial charge on any atom is 0.407 e. The first-order valence-electron chi connectivity index (χ1n) is 36.9. The Morgan fingerprint density at radius 2 is 0.822 bits per heavy atom. The van der Waals surface area contributed by atoms with E-state index in [2.05, 4.69) is 162 Å². The third-order valence-corrected chi connectivity index (χ3v) is 15.5. The maximum atomic E-state index is 11.0. The van der Waals surface area contributed by atoms with Crippen molar-refractivity contribution in [2.75, 3.05) is 85.2 Å². The number of carboxylic acid groups (broad SMARTS) is 9. The first-order chi connectivity index (χ1) is 63.9. The number of thiazole rings is 2. The summed E-state index contributed by atoms with van der Waals surface area (Å²) in [5, 5.41) is 132. The molecule has 0 spiro atoms. The standard InChI is InChI=1S/C7H9N5O3.2C7H13N5O3.2C7H9N5O2S.C6H9N7O2.C6H12N6O3.2C6H11N5O4/c8-5(7(13)14)1-6-10-2-4(15-6)3-11-12-9;8-5(7(14)15)1-2-6(13)10-3-4-11-12-9;8-5(7(14)15)4-10-6(13)2-1-3-11-12-9;8-5(7(13)14)1-6-11-4(3-15-6)2-10-12-9;8-5(7(13)14)1-6-10-2-4(15-6)3-11-12-9;7-3(6(14)15)1-4-5(2-9-12-8)11-13-10-4;7-4(5(13)14)3-10-6(15)9-1-2-11-12-8;7-4(5(12)13)3-9-6(14)15-2-1-10-11-8;7-4(5(12)13)3-15-6(14)9-1-2-10-11-8/h2,5H,1,3,8H2,(H,13,14);2*5H,1-4,8H2,(H,10,13)(H,14,15);3,5H,1-2,8H2,(H,13,14);2,5H,1,3,8H2,(H,13,14);3H,1-2,7H2,(H,14,15)(H,10,11,13);4H,1-3,7H2,(H,13,14)(H2,9,10,15);2*4H,1-3,7H2,(H,9,14)(H,12,13)/t5*5-;3-;3*4-/m000000000/s1. The number of hydrogen-bond donors (Lipinski definition) is 25. The molecule has 0 fully saturated rings. The molecule has 4 heterocycles. The van der Waals surface area contributed by atoms with Crippen LogP contribution in [0, 0.1) is 0 Å². The van der Waals surface area contributed by atoms with Gasteiger partial charge < -0.3 is 143 Å². The zero-order chi connectivity index (χ0) is 103. The summed E-state index contributed by atoms with van der Waals surface area (Å²) in [4.78, 5) is 183. The zero-order valence-electron chi connectivity index (χ0n) is 70.4. The van der Waals surface area contributed by atoms with Crippen LogP contribution in [0.5, 0.6) is 0 Å². The normalized spacial score (nSPS) is 11.4. The average molecular weight is 1960 g/mol. The number of carbonyl (C=O) groups excluding carboxylic acids is 5. The van der Waals surface area contributed by atoms with Crippen molar-refractivity contribution in [3.8, 4) is 0 Å². The Bertz CT molecular complexity index is 4300. The number of aromatic amines is 1. The summed E-state index contributed by atoms with van der Waals surface area (Å²) in [5.74, 6) is -10.3. The largest absolute Gasteiger partial charge is 0.480 e. The Kier molecular flexibility index (Phi) is 76.4. The van der Waals surface area contributed by atoms with Gasteiger partial charge in [-0.05, 0) is 62.6 Å². The number of H-pyrrole nitrogens is 1. The molecular formula is C59H96N48O26S2. The monoisotopic (exact) mass is 1960 g/mol. The number of rotatable bonds is 52. The molecule has 0 aromatic carbocycles. The van der Waals surface area contributed by atoms with Crippen LogP contribution in [0.3, 0.4) is 0 Å². The molecule has 0 aliphatic carbocycles. The fraction of sp³-hybridized carbons (Fsp3) is 0.576. The van der Waals surface area contributed by atoms with E-state index in [1.807, 2.05) is 0 Å². The maximum absolute atomic E-state index is 11.0. The van der Waals surface area contributed by atoms with E-state index in [1.54, 1.807) is 11.6 Å². The van der Waals surface area contributed by atoms with Gasteiger partial charge in [0.2, 0.25) is 11.8 Å². The van der Waals surface area contributed by atoms with Crippen LogP contribution in [0.25, 0.3) is 94.0 Å². The highest BCUT2D eigenvalue weighted by atomic mass is 32.1. The Balaban J connectivity index is -0.000000469. The van der Waals surface area contributed by atoms with Crippen molar-refractivity contribution in [1.29, 1.82) is 0 Å². The number of aliphatic carboxylic acids is 9. The first-order valence-corrected chi connectivity index (χ1v) is 38.6. The van der Waals surface area contributed by atoms with Gasteiger partial charge in [0.1, 0.15) is 66.7 Å². The number of aromatic nitrogens is 6. The van der Waals surface area contributed by atoms with Crippen LogP contribution < -0.4 is 83.5 Å². The van der Waals surface area contributed by atoms with Gasteiger partial charge in [-0.1, -0.05) is 46.0 Å². The van der Waals surface area contributed by atoms with E-state index in [1.165, 1.54) is 28.9 Å². The van der Waals surface area contributed by atoms with Crippen LogP contribution in [-0.2, 0) is 114 Å². The van der Waals surface area contributed by atoms with Gasteiger partial charge in [-0.15, -0.1) is 22.7 Å². The second kappa shape index (κ2) is 81.5. The van der Waals surface area contributed by atoms with E-state index >= 15 is 0 Å².